The number of benzene rings is 1. The van der Waals surface area contributed by atoms with Crippen molar-refractivity contribution < 1.29 is 9.59 Å². The van der Waals surface area contributed by atoms with Gasteiger partial charge in [-0.3, -0.25) is 9.59 Å². The van der Waals surface area contributed by atoms with Gasteiger partial charge in [0, 0.05) is 26.2 Å². The van der Waals surface area contributed by atoms with Gasteiger partial charge in [0.05, 0.1) is 31.2 Å². The van der Waals surface area contributed by atoms with E-state index in [9.17, 15) is 9.59 Å². The lowest BCUT2D eigenvalue weighted by Gasteiger charge is -2.33. The zero-order chi connectivity index (χ0) is 15.7. The fourth-order valence-electron chi connectivity index (χ4n) is 2.11. The molecule has 0 spiro atoms. The summed E-state index contributed by atoms with van der Waals surface area (Å²) < 4.78 is 0. The first-order valence-electron chi connectivity index (χ1n) is 6.17. The molecule has 0 radical (unpaired) electrons. The van der Waals surface area contributed by atoms with Gasteiger partial charge in [-0.25, -0.2) is 0 Å². The largest absolute Gasteiger partial charge is 0.336 e. The SMILES string of the molecule is CN1CCN(C(=O)c2c(Cl)c(Cl)c(C=O)c(Cl)c2Cl)CC1. The maximum absolute atomic E-state index is 12.6. The normalized spacial score (nSPS) is 16.1. The second-order valence-corrected chi connectivity index (χ2v) is 6.27. The van der Waals surface area contributed by atoms with Crippen molar-refractivity contribution in [3.63, 3.8) is 0 Å². The van der Waals surface area contributed by atoms with Crippen molar-refractivity contribution in [1.82, 2.24) is 9.80 Å². The number of halogens is 4. The van der Waals surface area contributed by atoms with E-state index in [1.165, 1.54) is 0 Å². The van der Waals surface area contributed by atoms with Gasteiger partial charge in [-0.1, -0.05) is 46.4 Å². The molecular formula is C13H12Cl4N2O2. The Kier molecular flexibility index (Phi) is 5.38. The van der Waals surface area contributed by atoms with Gasteiger partial charge in [-0.2, -0.15) is 0 Å². The second-order valence-electron chi connectivity index (χ2n) is 4.76. The molecule has 2 rings (SSSR count). The lowest BCUT2D eigenvalue weighted by atomic mass is 10.1. The Morgan fingerprint density at radius 1 is 0.952 bits per heavy atom. The van der Waals surface area contributed by atoms with Crippen molar-refractivity contribution in [3.05, 3.63) is 31.2 Å². The van der Waals surface area contributed by atoms with Crippen LogP contribution in [0.25, 0.3) is 0 Å². The summed E-state index contributed by atoms with van der Waals surface area (Å²) in [7, 11) is 1.98. The van der Waals surface area contributed by atoms with Crippen molar-refractivity contribution in [1.29, 1.82) is 0 Å². The minimum Gasteiger partial charge on any atom is -0.336 e. The molecule has 0 bridgehead atoms. The molecule has 1 aromatic carbocycles. The van der Waals surface area contributed by atoms with Crippen LogP contribution in [0.1, 0.15) is 20.7 Å². The molecule has 1 fully saturated rings. The van der Waals surface area contributed by atoms with Gasteiger partial charge in [0.1, 0.15) is 0 Å². The average Bonchev–Trinajstić information content (AvgIpc) is 2.47. The predicted octanol–water partition coefficient (Wildman–Crippen LogP) is 3.50. The number of piperazine rings is 1. The maximum Gasteiger partial charge on any atom is 0.257 e. The van der Waals surface area contributed by atoms with E-state index >= 15 is 0 Å². The number of rotatable bonds is 2. The van der Waals surface area contributed by atoms with Gasteiger partial charge in [0.15, 0.2) is 6.29 Å². The Balaban J connectivity index is 2.44. The highest BCUT2D eigenvalue weighted by molar-refractivity contribution is 6.52. The molecule has 1 amide bonds. The highest BCUT2D eigenvalue weighted by Crippen LogP contribution is 2.41. The molecule has 0 N–H and O–H groups in total. The van der Waals surface area contributed by atoms with Gasteiger partial charge in [-0.05, 0) is 7.05 Å². The molecule has 114 valence electrons. The molecule has 1 heterocycles. The van der Waals surface area contributed by atoms with Crippen LogP contribution in [0.5, 0.6) is 0 Å². The van der Waals surface area contributed by atoms with Gasteiger partial charge in [0.2, 0.25) is 0 Å². The van der Waals surface area contributed by atoms with E-state index in [-0.39, 0.29) is 37.1 Å². The Morgan fingerprint density at radius 2 is 1.43 bits per heavy atom. The van der Waals surface area contributed by atoms with E-state index in [0.717, 1.165) is 13.1 Å². The molecule has 0 aliphatic carbocycles. The van der Waals surface area contributed by atoms with Gasteiger partial charge < -0.3 is 9.80 Å². The molecule has 4 nitrogen and oxygen atoms in total. The lowest BCUT2D eigenvalue weighted by Crippen LogP contribution is -2.47. The third-order valence-corrected chi connectivity index (χ3v) is 5.15. The minimum absolute atomic E-state index is 0.0109. The zero-order valence-corrected chi connectivity index (χ0v) is 14.2. The van der Waals surface area contributed by atoms with Crippen LogP contribution in [0.2, 0.25) is 20.1 Å². The summed E-state index contributed by atoms with van der Waals surface area (Å²) in [6.45, 7) is 2.64. The second kappa shape index (κ2) is 6.71. The summed E-state index contributed by atoms with van der Waals surface area (Å²) in [5.41, 5.74) is 0.0340. The van der Waals surface area contributed by atoms with E-state index in [0.29, 0.717) is 19.4 Å². The first-order chi connectivity index (χ1) is 9.88. The van der Waals surface area contributed by atoms with Crippen LogP contribution in [0.3, 0.4) is 0 Å². The number of likely N-dealkylation sites (N-methyl/N-ethyl adjacent to an activating group) is 1. The Hall–Kier alpha value is -0.520. The number of aldehydes is 1. The summed E-state index contributed by atoms with van der Waals surface area (Å²) in [4.78, 5) is 27.3. The molecule has 1 saturated heterocycles. The molecule has 8 heteroatoms. The summed E-state index contributed by atoms with van der Waals surface area (Å²) >= 11 is 24.2. The maximum atomic E-state index is 12.6. The fraction of sp³-hybridized carbons (Fsp3) is 0.385. The lowest BCUT2D eigenvalue weighted by molar-refractivity contribution is 0.0664. The van der Waals surface area contributed by atoms with Crippen LogP contribution in [-0.2, 0) is 0 Å². The van der Waals surface area contributed by atoms with Crippen LogP contribution in [0, 0.1) is 0 Å². The van der Waals surface area contributed by atoms with Gasteiger partial charge in [0.25, 0.3) is 5.91 Å². The number of amides is 1. The van der Waals surface area contributed by atoms with E-state index in [4.69, 9.17) is 46.4 Å². The molecule has 0 unspecified atom stereocenters. The summed E-state index contributed by atoms with van der Waals surface area (Å²) in [6.07, 6.45) is 0.465. The molecule has 1 aromatic rings. The highest BCUT2D eigenvalue weighted by atomic mass is 35.5. The number of hydrogen-bond donors (Lipinski definition) is 0. The van der Waals surface area contributed by atoms with Crippen LogP contribution in [0.4, 0.5) is 0 Å². The first kappa shape index (κ1) is 16.8. The van der Waals surface area contributed by atoms with Crippen LogP contribution >= 0.6 is 46.4 Å². The smallest absolute Gasteiger partial charge is 0.257 e. The first-order valence-corrected chi connectivity index (χ1v) is 7.68. The standard InChI is InChI=1S/C13H12Cl4N2O2/c1-18-2-4-19(5-3-18)13(21)8-11(16)9(14)7(6-20)10(15)12(8)17/h6H,2-5H2,1H3. The van der Waals surface area contributed by atoms with Crippen LogP contribution < -0.4 is 0 Å². The predicted molar refractivity (Wildman–Crippen MR) is 85.3 cm³/mol. The highest BCUT2D eigenvalue weighted by Gasteiger charge is 2.28. The van der Waals surface area contributed by atoms with Crippen molar-refractivity contribution in [2.45, 2.75) is 0 Å². The van der Waals surface area contributed by atoms with Crippen molar-refractivity contribution >= 4 is 58.6 Å². The number of carbonyl (C=O) groups excluding carboxylic acids is 2. The zero-order valence-electron chi connectivity index (χ0n) is 11.1. The Bertz CT molecular complexity index is 569. The molecule has 21 heavy (non-hydrogen) atoms. The number of carbonyl (C=O) groups is 2. The average molecular weight is 370 g/mol. The van der Waals surface area contributed by atoms with E-state index in [1.807, 2.05) is 7.05 Å². The van der Waals surface area contributed by atoms with Crippen molar-refractivity contribution in [3.8, 4) is 0 Å². The van der Waals surface area contributed by atoms with Crippen molar-refractivity contribution in [2.75, 3.05) is 33.2 Å². The Morgan fingerprint density at radius 3 is 1.86 bits per heavy atom. The summed E-state index contributed by atoms with van der Waals surface area (Å²) in [5, 5.41) is -0.203. The third kappa shape index (κ3) is 3.15. The fourth-order valence-corrected chi connectivity index (χ4v) is 3.23. The topological polar surface area (TPSA) is 40.6 Å². The number of nitrogens with zero attached hydrogens (tertiary/aromatic N) is 2. The molecule has 1 aliphatic heterocycles. The van der Waals surface area contributed by atoms with Gasteiger partial charge >= 0.3 is 0 Å². The van der Waals surface area contributed by atoms with Crippen LogP contribution in [0.15, 0.2) is 0 Å². The minimum atomic E-state index is -0.334. The van der Waals surface area contributed by atoms with Gasteiger partial charge in [-0.15, -0.1) is 0 Å². The summed E-state index contributed by atoms with van der Waals surface area (Å²) in [5.74, 6) is -0.334. The molecule has 1 aliphatic rings. The van der Waals surface area contributed by atoms with Crippen molar-refractivity contribution in [2.24, 2.45) is 0 Å². The third-order valence-electron chi connectivity index (χ3n) is 3.42. The van der Waals surface area contributed by atoms with E-state index in [2.05, 4.69) is 4.90 Å². The Labute approximate surface area is 142 Å². The summed E-state index contributed by atoms with van der Waals surface area (Å²) in [6, 6.07) is 0. The quantitative estimate of drug-likeness (QED) is 0.591. The monoisotopic (exact) mass is 368 g/mol. The molecule has 0 aromatic heterocycles. The molecular weight excluding hydrogens is 358 g/mol. The van der Waals surface area contributed by atoms with E-state index < -0.39 is 0 Å². The molecule has 0 atom stereocenters. The van der Waals surface area contributed by atoms with Crippen LogP contribution in [-0.4, -0.2) is 55.2 Å². The number of hydrogen-bond acceptors (Lipinski definition) is 3. The van der Waals surface area contributed by atoms with E-state index in [1.54, 1.807) is 4.90 Å². The molecule has 0 saturated carbocycles.